The summed E-state index contributed by atoms with van der Waals surface area (Å²) in [6.07, 6.45) is 2.22. The quantitative estimate of drug-likeness (QED) is 0.498. The van der Waals surface area contributed by atoms with Gasteiger partial charge in [-0.25, -0.2) is 9.37 Å². The number of rotatable bonds is 8. The number of hydrogen-bond donors (Lipinski definition) is 1. The molecule has 2 aromatic carbocycles. The lowest BCUT2D eigenvalue weighted by molar-refractivity contribution is -0.135. The van der Waals surface area contributed by atoms with Gasteiger partial charge in [-0.1, -0.05) is 41.9 Å². The van der Waals surface area contributed by atoms with E-state index < -0.39 is 5.60 Å². The van der Waals surface area contributed by atoms with Crippen LogP contribution in [0.1, 0.15) is 37.8 Å². The number of ether oxygens (including phenoxy) is 1. The predicted octanol–water partition coefficient (Wildman–Crippen LogP) is 5.56. The predicted molar refractivity (Wildman–Crippen MR) is 121 cm³/mol. The van der Waals surface area contributed by atoms with Gasteiger partial charge in [-0.05, 0) is 68.7 Å². The first-order valence-corrected chi connectivity index (χ1v) is 10.5. The molecule has 0 spiro atoms. The second kappa shape index (κ2) is 9.92. The molecule has 1 amide bonds. The molecule has 1 N–H and O–H groups in total. The molecule has 0 aliphatic heterocycles. The molecule has 3 rings (SSSR count). The van der Waals surface area contributed by atoms with Gasteiger partial charge in [0.15, 0.2) is 5.60 Å². The third-order valence-corrected chi connectivity index (χ3v) is 5.40. The fraction of sp³-hybridized carbons (Fsp3) is 0.280. The Morgan fingerprint density at radius 3 is 2.52 bits per heavy atom. The van der Waals surface area contributed by atoms with Gasteiger partial charge in [0, 0.05) is 29.2 Å². The highest BCUT2D eigenvalue weighted by molar-refractivity contribution is 6.30. The maximum atomic E-state index is 13.9. The maximum Gasteiger partial charge on any atom is 0.263 e. The number of carbonyl (C=O) groups excluding carboxylic acids is 1. The van der Waals surface area contributed by atoms with Gasteiger partial charge in [0.1, 0.15) is 5.82 Å². The van der Waals surface area contributed by atoms with E-state index in [9.17, 15) is 9.18 Å². The number of nitrogens with zero attached hydrogens (tertiary/aromatic N) is 1. The van der Waals surface area contributed by atoms with E-state index in [1.165, 1.54) is 12.1 Å². The molecule has 0 radical (unpaired) electrons. The zero-order valence-electron chi connectivity index (χ0n) is 17.8. The van der Waals surface area contributed by atoms with E-state index in [4.69, 9.17) is 16.3 Å². The van der Waals surface area contributed by atoms with Crippen LogP contribution in [0.4, 0.5) is 4.39 Å². The lowest BCUT2D eigenvalue weighted by Gasteiger charge is -2.30. The average Bonchev–Trinajstić information content (AvgIpc) is 2.73. The van der Waals surface area contributed by atoms with Crippen LogP contribution >= 0.6 is 11.6 Å². The van der Waals surface area contributed by atoms with Crippen molar-refractivity contribution in [2.75, 3.05) is 0 Å². The van der Waals surface area contributed by atoms with E-state index in [1.807, 2.05) is 37.3 Å². The van der Waals surface area contributed by atoms with E-state index in [0.717, 1.165) is 11.1 Å². The zero-order valence-corrected chi connectivity index (χ0v) is 18.6. The minimum absolute atomic E-state index is 0.147. The molecule has 4 nitrogen and oxygen atoms in total. The van der Waals surface area contributed by atoms with Crippen molar-refractivity contribution in [3.63, 3.8) is 0 Å². The summed E-state index contributed by atoms with van der Waals surface area (Å²) in [6, 6.07) is 19.0. The van der Waals surface area contributed by atoms with Crippen molar-refractivity contribution in [1.82, 2.24) is 10.3 Å². The highest BCUT2D eigenvalue weighted by Crippen LogP contribution is 2.27. The Morgan fingerprint density at radius 1 is 1.13 bits per heavy atom. The van der Waals surface area contributed by atoms with Crippen molar-refractivity contribution in [3.8, 4) is 5.88 Å². The first-order chi connectivity index (χ1) is 14.7. The minimum Gasteiger partial charge on any atom is -0.462 e. The monoisotopic (exact) mass is 440 g/mol. The van der Waals surface area contributed by atoms with E-state index in [0.29, 0.717) is 17.3 Å². The average molecular weight is 441 g/mol. The molecule has 162 valence electrons. The lowest BCUT2D eigenvalue weighted by atomic mass is 9.86. The summed E-state index contributed by atoms with van der Waals surface area (Å²) in [5.74, 6) is -0.358. The number of carbonyl (C=O) groups is 1. The molecule has 31 heavy (non-hydrogen) atoms. The van der Waals surface area contributed by atoms with E-state index >= 15 is 0 Å². The number of amides is 1. The molecular formula is C25H26ClFN2O2. The van der Waals surface area contributed by atoms with Gasteiger partial charge >= 0.3 is 0 Å². The summed E-state index contributed by atoms with van der Waals surface area (Å²) in [7, 11) is 0. The Labute approximate surface area is 187 Å². The fourth-order valence-corrected chi connectivity index (χ4v) is 3.52. The number of aromatic nitrogens is 1. The summed E-state index contributed by atoms with van der Waals surface area (Å²) in [5, 5.41) is 3.70. The molecule has 0 saturated carbocycles. The van der Waals surface area contributed by atoms with Crippen LogP contribution in [0, 0.1) is 5.82 Å². The molecule has 0 aliphatic carbocycles. The molecule has 0 bridgehead atoms. The summed E-state index contributed by atoms with van der Waals surface area (Å²) in [5.41, 5.74) is 0.727. The molecule has 2 unspecified atom stereocenters. The molecule has 0 aliphatic rings. The van der Waals surface area contributed by atoms with Gasteiger partial charge in [0.05, 0.1) is 0 Å². The van der Waals surface area contributed by atoms with E-state index in [2.05, 4.69) is 10.3 Å². The Balaban J connectivity index is 1.79. The Kier molecular flexibility index (Phi) is 7.29. The third-order valence-electron chi connectivity index (χ3n) is 5.15. The van der Waals surface area contributed by atoms with Crippen molar-refractivity contribution in [2.45, 2.75) is 44.8 Å². The van der Waals surface area contributed by atoms with Crippen LogP contribution in [0.2, 0.25) is 5.02 Å². The lowest BCUT2D eigenvalue weighted by Crippen LogP contribution is -2.51. The molecule has 1 aromatic heterocycles. The Hall–Kier alpha value is -2.92. The first kappa shape index (κ1) is 22.8. The van der Waals surface area contributed by atoms with Crippen LogP contribution in [0.15, 0.2) is 72.9 Å². The minimum atomic E-state index is -1.13. The highest BCUT2D eigenvalue weighted by atomic mass is 35.5. The number of nitrogens with one attached hydrogen (secondary N) is 1. The van der Waals surface area contributed by atoms with Crippen LogP contribution in [-0.2, 0) is 11.2 Å². The zero-order chi connectivity index (χ0) is 22.4. The topological polar surface area (TPSA) is 51.2 Å². The van der Waals surface area contributed by atoms with Crippen LogP contribution in [0.3, 0.4) is 0 Å². The van der Waals surface area contributed by atoms with Crippen LogP contribution in [-0.4, -0.2) is 22.5 Å². The van der Waals surface area contributed by atoms with Gasteiger partial charge < -0.3 is 10.1 Å². The van der Waals surface area contributed by atoms with Crippen molar-refractivity contribution in [1.29, 1.82) is 0 Å². The smallest absolute Gasteiger partial charge is 0.263 e. The molecule has 6 heteroatoms. The molecule has 3 aromatic rings. The third kappa shape index (κ3) is 6.28. The van der Waals surface area contributed by atoms with E-state index in [1.54, 1.807) is 44.3 Å². The van der Waals surface area contributed by atoms with Gasteiger partial charge in [-0.15, -0.1) is 0 Å². The fourth-order valence-electron chi connectivity index (χ4n) is 3.39. The molecule has 0 saturated heterocycles. The Bertz CT molecular complexity index is 1010. The second-order valence-electron chi connectivity index (χ2n) is 8.03. The summed E-state index contributed by atoms with van der Waals surface area (Å²) in [6.45, 7) is 5.31. The largest absolute Gasteiger partial charge is 0.462 e. The van der Waals surface area contributed by atoms with E-state index in [-0.39, 0.29) is 23.7 Å². The molecule has 0 fully saturated rings. The van der Waals surface area contributed by atoms with Gasteiger partial charge in [0.25, 0.3) is 5.91 Å². The summed E-state index contributed by atoms with van der Waals surface area (Å²) < 4.78 is 19.7. The van der Waals surface area contributed by atoms with Gasteiger partial charge in [-0.3, -0.25) is 4.79 Å². The van der Waals surface area contributed by atoms with Gasteiger partial charge in [0.2, 0.25) is 5.88 Å². The van der Waals surface area contributed by atoms with Crippen molar-refractivity contribution >= 4 is 17.5 Å². The number of benzene rings is 2. The van der Waals surface area contributed by atoms with Crippen LogP contribution < -0.4 is 10.1 Å². The number of halogens is 2. The SMILES string of the molecule is CC(NC(=O)C(C)(C)Oc1ccccn1)C(Cc1ccc(Cl)cc1)c1cccc(F)c1. The van der Waals surface area contributed by atoms with Gasteiger partial charge in [-0.2, -0.15) is 0 Å². The second-order valence-corrected chi connectivity index (χ2v) is 8.47. The molecule has 1 heterocycles. The standard InChI is InChI=1S/C25H26ClFN2O2/c1-17(29-24(30)25(2,3)31-23-9-4-5-14-28-23)22(19-7-6-8-21(27)16-19)15-18-10-12-20(26)13-11-18/h4-14,16-17,22H,15H2,1-3H3,(H,29,30). The maximum absolute atomic E-state index is 13.9. The molecule has 2 atom stereocenters. The van der Waals surface area contributed by atoms with Crippen molar-refractivity contribution in [3.05, 3.63) is 94.9 Å². The normalized spacial score (nSPS) is 13.3. The van der Waals surface area contributed by atoms with Crippen LogP contribution in [0.5, 0.6) is 5.88 Å². The first-order valence-electron chi connectivity index (χ1n) is 10.2. The number of hydrogen-bond acceptors (Lipinski definition) is 3. The number of pyridine rings is 1. The van der Waals surface area contributed by atoms with Crippen LogP contribution in [0.25, 0.3) is 0 Å². The van der Waals surface area contributed by atoms with Crippen molar-refractivity contribution < 1.29 is 13.9 Å². The molecular weight excluding hydrogens is 415 g/mol. The Morgan fingerprint density at radius 2 is 1.87 bits per heavy atom. The summed E-state index contributed by atoms with van der Waals surface area (Å²) in [4.78, 5) is 17.2. The highest BCUT2D eigenvalue weighted by Gasteiger charge is 2.33. The summed E-state index contributed by atoms with van der Waals surface area (Å²) >= 11 is 6.01. The van der Waals surface area contributed by atoms with Crippen molar-refractivity contribution in [2.24, 2.45) is 0 Å².